The van der Waals surface area contributed by atoms with Crippen LogP contribution in [0.15, 0.2) is 60.2 Å². The Morgan fingerprint density at radius 1 is 1.03 bits per heavy atom. The number of anilines is 1. The maximum atomic E-state index is 13.2. The zero-order valence-electron chi connectivity index (χ0n) is 16.6. The molecule has 1 heterocycles. The highest BCUT2D eigenvalue weighted by atomic mass is 16.6. The van der Waals surface area contributed by atoms with Crippen molar-refractivity contribution in [2.45, 2.75) is 38.7 Å². The van der Waals surface area contributed by atoms with Gasteiger partial charge in [0.2, 0.25) is 5.91 Å². The average molecular weight is 387 g/mol. The molecule has 0 aromatic heterocycles. The molecule has 1 N–H and O–H groups in total. The van der Waals surface area contributed by atoms with Crippen molar-refractivity contribution in [3.63, 3.8) is 0 Å². The van der Waals surface area contributed by atoms with Crippen LogP contribution in [0, 0.1) is 17.8 Å². The van der Waals surface area contributed by atoms with E-state index in [1.165, 1.54) is 22.3 Å². The Kier molecular flexibility index (Phi) is 4.50. The van der Waals surface area contributed by atoms with Crippen molar-refractivity contribution in [3.05, 3.63) is 71.3 Å². The van der Waals surface area contributed by atoms with Gasteiger partial charge in [0.05, 0.1) is 11.8 Å². The lowest BCUT2D eigenvalue weighted by atomic mass is 9.63. The number of cyclic esters (lactones) is 1. The summed E-state index contributed by atoms with van der Waals surface area (Å²) < 4.78 is 5.80. The van der Waals surface area contributed by atoms with E-state index < -0.39 is 5.92 Å². The van der Waals surface area contributed by atoms with Gasteiger partial charge in [0.15, 0.2) is 0 Å². The average Bonchev–Trinajstić information content (AvgIpc) is 3.10. The Morgan fingerprint density at radius 3 is 2.59 bits per heavy atom. The molecule has 1 aliphatic heterocycles. The molecule has 4 atom stereocenters. The lowest BCUT2D eigenvalue weighted by molar-refractivity contribution is -0.147. The zero-order valence-corrected chi connectivity index (χ0v) is 16.6. The van der Waals surface area contributed by atoms with Gasteiger partial charge in [-0.2, -0.15) is 0 Å². The summed E-state index contributed by atoms with van der Waals surface area (Å²) in [4.78, 5) is 26.1. The van der Waals surface area contributed by atoms with Gasteiger partial charge in [-0.25, -0.2) is 0 Å². The molecule has 4 heteroatoms. The molecule has 1 fully saturated rings. The third kappa shape index (κ3) is 2.98. The minimum absolute atomic E-state index is 0.0378. The third-order valence-corrected chi connectivity index (χ3v) is 6.73. The molecule has 0 radical (unpaired) electrons. The van der Waals surface area contributed by atoms with E-state index in [1.807, 2.05) is 30.3 Å². The molecule has 29 heavy (non-hydrogen) atoms. The highest BCUT2D eigenvalue weighted by Crippen LogP contribution is 2.53. The molecule has 5 rings (SSSR count). The second kappa shape index (κ2) is 7.18. The number of aryl methyl sites for hydroxylation is 1. The monoisotopic (exact) mass is 387 g/mol. The van der Waals surface area contributed by atoms with Crippen LogP contribution in [0.5, 0.6) is 0 Å². The summed E-state index contributed by atoms with van der Waals surface area (Å²) in [6, 6.07) is 18.0. The van der Waals surface area contributed by atoms with Crippen LogP contribution in [-0.2, 0) is 20.7 Å². The maximum absolute atomic E-state index is 13.2. The second-order valence-electron chi connectivity index (χ2n) is 8.28. The zero-order chi connectivity index (χ0) is 20.0. The molecule has 4 nitrogen and oxygen atoms in total. The molecule has 0 bridgehead atoms. The number of amides is 1. The lowest BCUT2D eigenvalue weighted by Gasteiger charge is -2.38. The van der Waals surface area contributed by atoms with E-state index in [0.29, 0.717) is 6.42 Å². The number of nitrogens with one attached hydrogen (secondary N) is 1. The first-order valence-electron chi connectivity index (χ1n) is 10.5. The van der Waals surface area contributed by atoms with E-state index in [0.717, 1.165) is 24.9 Å². The minimum atomic E-state index is -0.409. The quantitative estimate of drug-likeness (QED) is 0.783. The van der Waals surface area contributed by atoms with Crippen LogP contribution in [0.4, 0.5) is 5.69 Å². The number of fused-ring (bicyclic) bond motifs is 4. The van der Waals surface area contributed by atoms with E-state index >= 15 is 0 Å². The topological polar surface area (TPSA) is 55.4 Å². The molecule has 1 amide bonds. The Morgan fingerprint density at radius 2 is 1.79 bits per heavy atom. The summed E-state index contributed by atoms with van der Waals surface area (Å²) in [5.41, 5.74) is 5.96. The van der Waals surface area contributed by atoms with Crippen molar-refractivity contribution in [1.82, 2.24) is 0 Å². The summed E-state index contributed by atoms with van der Waals surface area (Å²) in [5.74, 6) is -1.12. The molecule has 2 aromatic rings. The summed E-state index contributed by atoms with van der Waals surface area (Å²) in [5, 5.41) is 3.02. The standard InChI is InChI=1S/C25H25NO3/c1-2-20-23-21-16(13-12-15-8-6-7-11-18(15)21)14-19(22(23)25(28)29-20)24(27)26-17-9-4-3-5-10-17/h3-11,19-20,22-23H,2,12-14H2,1H3,(H,26,27)/t19-,20+,22-,23+/m0/s1. The van der Waals surface area contributed by atoms with Crippen molar-refractivity contribution >= 4 is 23.1 Å². The van der Waals surface area contributed by atoms with Crippen molar-refractivity contribution in [2.24, 2.45) is 17.8 Å². The number of hydrogen-bond acceptors (Lipinski definition) is 3. The third-order valence-electron chi connectivity index (χ3n) is 6.73. The van der Waals surface area contributed by atoms with Gasteiger partial charge in [-0.1, -0.05) is 55.0 Å². The first-order valence-corrected chi connectivity index (χ1v) is 10.5. The smallest absolute Gasteiger partial charge is 0.310 e. The Hall–Kier alpha value is -2.88. The van der Waals surface area contributed by atoms with E-state index in [4.69, 9.17) is 4.74 Å². The van der Waals surface area contributed by atoms with Crippen LogP contribution >= 0.6 is 0 Å². The van der Waals surface area contributed by atoms with Gasteiger partial charge in [-0.3, -0.25) is 9.59 Å². The number of esters is 1. The number of carbonyl (C=O) groups excluding carboxylic acids is 2. The van der Waals surface area contributed by atoms with Crippen LogP contribution in [0.25, 0.3) is 5.57 Å². The number of ether oxygens (including phenoxy) is 1. The van der Waals surface area contributed by atoms with Crippen LogP contribution in [0.2, 0.25) is 0 Å². The highest BCUT2D eigenvalue weighted by molar-refractivity contribution is 5.98. The number of rotatable bonds is 3. The minimum Gasteiger partial charge on any atom is -0.461 e. The molecule has 148 valence electrons. The van der Waals surface area contributed by atoms with E-state index in [-0.39, 0.29) is 29.8 Å². The SMILES string of the molecule is CC[C@H]1OC(=O)[C@@H]2[C@H]1C1=C(CCc3ccccc31)C[C@@H]2C(=O)Nc1ccccc1. The predicted octanol–water partition coefficient (Wildman–Crippen LogP) is 4.61. The Balaban J connectivity index is 1.56. The van der Waals surface area contributed by atoms with Crippen molar-refractivity contribution in [1.29, 1.82) is 0 Å². The number of para-hydroxylation sites is 1. The largest absolute Gasteiger partial charge is 0.461 e. The van der Waals surface area contributed by atoms with Gasteiger partial charge in [0.25, 0.3) is 0 Å². The number of allylic oxidation sites excluding steroid dienone is 1. The highest BCUT2D eigenvalue weighted by Gasteiger charge is 2.55. The summed E-state index contributed by atoms with van der Waals surface area (Å²) in [7, 11) is 0. The number of carbonyl (C=O) groups is 2. The van der Waals surface area contributed by atoms with Crippen molar-refractivity contribution in [3.8, 4) is 0 Å². The van der Waals surface area contributed by atoms with E-state index in [9.17, 15) is 9.59 Å². The summed E-state index contributed by atoms with van der Waals surface area (Å²) in [6.07, 6.45) is 3.19. The molecule has 2 aromatic carbocycles. The van der Waals surface area contributed by atoms with Gasteiger partial charge in [0, 0.05) is 11.6 Å². The van der Waals surface area contributed by atoms with Gasteiger partial charge in [-0.05, 0) is 54.5 Å². The first-order chi connectivity index (χ1) is 14.2. The predicted molar refractivity (Wildman–Crippen MR) is 112 cm³/mol. The maximum Gasteiger partial charge on any atom is 0.310 e. The molecule has 0 saturated carbocycles. The molecule has 3 aliphatic rings. The van der Waals surface area contributed by atoms with E-state index in [2.05, 4.69) is 36.5 Å². The van der Waals surface area contributed by atoms with Crippen LogP contribution in [0.1, 0.15) is 37.3 Å². The molecule has 0 unspecified atom stereocenters. The van der Waals surface area contributed by atoms with Gasteiger partial charge in [-0.15, -0.1) is 0 Å². The fourth-order valence-corrected chi connectivity index (χ4v) is 5.44. The van der Waals surface area contributed by atoms with Crippen LogP contribution < -0.4 is 5.32 Å². The fourth-order valence-electron chi connectivity index (χ4n) is 5.44. The van der Waals surface area contributed by atoms with Gasteiger partial charge < -0.3 is 10.1 Å². The van der Waals surface area contributed by atoms with Crippen LogP contribution in [0.3, 0.4) is 0 Å². The molecular weight excluding hydrogens is 362 g/mol. The number of benzene rings is 2. The fraction of sp³-hybridized carbons (Fsp3) is 0.360. The normalized spacial score (nSPS) is 27.6. The van der Waals surface area contributed by atoms with Crippen molar-refractivity contribution in [2.75, 3.05) is 5.32 Å². The first kappa shape index (κ1) is 18.2. The second-order valence-corrected chi connectivity index (χ2v) is 8.28. The Bertz CT molecular complexity index is 994. The van der Waals surface area contributed by atoms with Crippen LogP contribution in [-0.4, -0.2) is 18.0 Å². The summed E-state index contributed by atoms with van der Waals surface area (Å²) >= 11 is 0. The van der Waals surface area contributed by atoms with Gasteiger partial charge >= 0.3 is 5.97 Å². The molecular formula is C25H25NO3. The van der Waals surface area contributed by atoms with Crippen molar-refractivity contribution < 1.29 is 14.3 Å². The molecule has 1 saturated heterocycles. The van der Waals surface area contributed by atoms with Gasteiger partial charge in [0.1, 0.15) is 6.10 Å². The number of hydrogen-bond donors (Lipinski definition) is 1. The summed E-state index contributed by atoms with van der Waals surface area (Å²) in [6.45, 7) is 2.06. The van der Waals surface area contributed by atoms with E-state index in [1.54, 1.807) is 0 Å². The Labute approximate surface area is 171 Å². The molecule has 2 aliphatic carbocycles. The lowest BCUT2D eigenvalue weighted by Crippen LogP contribution is -2.40. The molecule has 0 spiro atoms.